The van der Waals surface area contributed by atoms with Gasteiger partial charge in [-0.2, -0.15) is 0 Å². The summed E-state index contributed by atoms with van der Waals surface area (Å²) >= 11 is 1.57. The molecule has 0 amide bonds. The van der Waals surface area contributed by atoms with Crippen LogP contribution >= 0.6 is 11.3 Å². The van der Waals surface area contributed by atoms with Gasteiger partial charge in [0.1, 0.15) is 6.61 Å². The number of benzene rings is 1. The van der Waals surface area contributed by atoms with E-state index in [0.717, 1.165) is 23.4 Å². The Balaban J connectivity index is 2.07. The zero-order valence-corrected chi connectivity index (χ0v) is 12.7. The fourth-order valence-corrected chi connectivity index (χ4v) is 2.51. The van der Waals surface area contributed by atoms with Gasteiger partial charge < -0.3 is 10.1 Å². The topological polar surface area (TPSA) is 64.4 Å². The van der Waals surface area contributed by atoms with Crippen LogP contribution < -0.4 is 10.1 Å². The zero-order chi connectivity index (χ0) is 15.1. The minimum absolute atomic E-state index is 0.0161. The first-order valence-electron chi connectivity index (χ1n) is 6.84. The Morgan fingerprint density at radius 1 is 1.38 bits per heavy atom. The minimum Gasteiger partial charge on any atom is -0.481 e. The second-order valence-electron chi connectivity index (χ2n) is 4.60. The number of hydrogen-bond acceptors (Lipinski definition) is 5. The van der Waals surface area contributed by atoms with Gasteiger partial charge in [-0.15, -0.1) is 11.3 Å². The van der Waals surface area contributed by atoms with Crippen LogP contribution in [0.15, 0.2) is 35.7 Å². The van der Waals surface area contributed by atoms with Gasteiger partial charge in [-0.05, 0) is 36.0 Å². The highest BCUT2D eigenvalue weighted by Crippen LogP contribution is 2.29. The Morgan fingerprint density at radius 3 is 2.90 bits per heavy atom. The molecule has 0 saturated carbocycles. The van der Waals surface area contributed by atoms with E-state index in [2.05, 4.69) is 12.2 Å². The average Bonchev–Trinajstić information content (AvgIpc) is 2.99. The Kier molecular flexibility index (Phi) is 5.71. The monoisotopic (exact) mass is 306 g/mol. The smallest absolute Gasteiger partial charge is 0.311 e. The summed E-state index contributed by atoms with van der Waals surface area (Å²) in [6.45, 7) is 3.95. The first kappa shape index (κ1) is 15.5. The van der Waals surface area contributed by atoms with Crippen LogP contribution in [0.2, 0.25) is 0 Å². The second kappa shape index (κ2) is 7.75. The summed E-state index contributed by atoms with van der Waals surface area (Å²) in [5.41, 5.74) is 0.904. The number of nitrogens with one attached hydrogen (secondary N) is 1. The standard InChI is InChI=1S/C15H18N2O3S/c1-2-7-16-10-12-5-6-15(14(9-12)17(18)19)20-11-13-4-3-8-21-13/h3-6,8-9,16H,2,7,10-11H2,1H3. The predicted octanol–water partition coefficient (Wildman–Crippen LogP) is 3.73. The van der Waals surface area contributed by atoms with Crippen molar-refractivity contribution in [3.63, 3.8) is 0 Å². The van der Waals surface area contributed by atoms with E-state index in [4.69, 9.17) is 4.74 Å². The number of rotatable bonds is 8. The van der Waals surface area contributed by atoms with E-state index in [1.54, 1.807) is 23.5 Å². The van der Waals surface area contributed by atoms with Crippen molar-refractivity contribution in [2.45, 2.75) is 26.5 Å². The van der Waals surface area contributed by atoms with Crippen LogP contribution in [0.3, 0.4) is 0 Å². The molecule has 0 bridgehead atoms. The van der Waals surface area contributed by atoms with Crippen LogP contribution in [0.25, 0.3) is 0 Å². The highest BCUT2D eigenvalue weighted by atomic mass is 32.1. The molecule has 1 heterocycles. The van der Waals surface area contributed by atoms with Gasteiger partial charge in [0.25, 0.3) is 0 Å². The Bertz CT molecular complexity index is 585. The van der Waals surface area contributed by atoms with E-state index in [-0.39, 0.29) is 5.69 Å². The number of nitro groups is 1. The molecule has 0 fully saturated rings. The normalized spacial score (nSPS) is 10.5. The molecular formula is C15H18N2O3S. The number of hydrogen-bond donors (Lipinski definition) is 1. The van der Waals surface area contributed by atoms with Crippen LogP contribution in [0.4, 0.5) is 5.69 Å². The molecule has 0 aliphatic rings. The molecule has 0 spiro atoms. The molecular weight excluding hydrogens is 288 g/mol. The zero-order valence-electron chi connectivity index (χ0n) is 11.9. The molecule has 1 aromatic heterocycles. The van der Waals surface area contributed by atoms with E-state index in [1.165, 1.54) is 0 Å². The molecule has 21 heavy (non-hydrogen) atoms. The van der Waals surface area contributed by atoms with E-state index < -0.39 is 4.92 Å². The highest BCUT2D eigenvalue weighted by Gasteiger charge is 2.16. The van der Waals surface area contributed by atoms with Crippen molar-refractivity contribution in [3.05, 3.63) is 56.3 Å². The first-order chi connectivity index (χ1) is 10.2. The van der Waals surface area contributed by atoms with Gasteiger partial charge in [0.15, 0.2) is 5.75 Å². The molecule has 0 unspecified atom stereocenters. The van der Waals surface area contributed by atoms with E-state index in [9.17, 15) is 10.1 Å². The molecule has 0 aliphatic heterocycles. The van der Waals surface area contributed by atoms with E-state index >= 15 is 0 Å². The maximum Gasteiger partial charge on any atom is 0.311 e. The van der Waals surface area contributed by atoms with Crippen LogP contribution in [-0.2, 0) is 13.2 Å². The maximum absolute atomic E-state index is 11.2. The number of nitro benzene ring substituents is 1. The van der Waals surface area contributed by atoms with Crippen molar-refractivity contribution >= 4 is 17.0 Å². The lowest BCUT2D eigenvalue weighted by Crippen LogP contribution is -2.13. The molecule has 0 radical (unpaired) electrons. The molecule has 0 aliphatic carbocycles. The van der Waals surface area contributed by atoms with Crippen molar-refractivity contribution < 1.29 is 9.66 Å². The van der Waals surface area contributed by atoms with Crippen molar-refractivity contribution in [2.75, 3.05) is 6.54 Å². The first-order valence-corrected chi connectivity index (χ1v) is 7.72. The van der Waals surface area contributed by atoms with Crippen LogP contribution in [0, 0.1) is 10.1 Å². The van der Waals surface area contributed by atoms with Gasteiger partial charge in [-0.3, -0.25) is 10.1 Å². The summed E-state index contributed by atoms with van der Waals surface area (Å²) in [5.74, 6) is 0.313. The predicted molar refractivity (Wildman–Crippen MR) is 83.7 cm³/mol. The lowest BCUT2D eigenvalue weighted by Gasteiger charge is -2.08. The number of ether oxygens (including phenoxy) is 1. The largest absolute Gasteiger partial charge is 0.481 e. The summed E-state index contributed by atoms with van der Waals surface area (Å²) < 4.78 is 5.57. The van der Waals surface area contributed by atoms with Crippen molar-refractivity contribution in [1.82, 2.24) is 5.32 Å². The SMILES string of the molecule is CCCNCc1ccc(OCc2cccs2)c([N+](=O)[O-])c1. The van der Waals surface area contributed by atoms with E-state index in [0.29, 0.717) is 18.9 Å². The Labute approximate surface area is 127 Å². The Hall–Kier alpha value is -1.92. The lowest BCUT2D eigenvalue weighted by atomic mass is 10.2. The summed E-state index contributed by atoms with van der Waals surface area (Å²) in [4.78, 5) is 11.8. The van der Waals surface area contributed by atoms with Gasteiger partial charge in [0.2, 0.25) is 0 Å². The average molecular weight is 306 g/mol. The third-order valence-electron chi connectivity index (χ3n) is 2.93. The number of thiophene rings is 1. The van der Waals surface area contributed by atoms with Gasteiger partial charge >= 0.3 is 5.69 Å². The summed E-state index contributed by atoms with van der Waals surface area (Å²) in [7, 11) is 0. The molecule has 112 valence electrons. The quantitative estimate of drug-likeness (QED) is 0.458. The fraction of sp³-hybridized carbons (Fsp3) is 0.333. The lowest BCUT2D eigenvalue weighted by molar-refractivity contribution is -0.386. The summed E-state index contributed by atoms with van der Waals surface area (Å²) in [6, 6.07) is 8.99. The number of nitrogens with zero attached hydrogens (tertiary/aromatic N) is 1. The van der Waals surface area contributed by atoms with Crippen LogP contribution in [0.1, 0.15) is 23.8 Å². The van der Waals surface area contributed by atoms with E-state index in [1.807, 2.05) is 23.6 Å². The molecule has 2 rings (SSSR count). The summed E-state index contributed by atoms with van der Waals surface area (Å²) in [5, 5.41) is 16.4. The van der Waals surface area contributed by atoms with Crippen molar-refractivity contribution in [2.24, 2.45) is 0 Å². The fourth-order valence-electron chi connectivity index (χ4n) is 1.89. The molecule has 5 nitrogen and oxygen atoms in total. The van der Waals surface area contributed by atoms with Crippen molar-refractivity contribution in [1.29, 1.82) is 0 Å². The third kappa shape index (κ3) is 4.54. The van der Waals surface area contributed by atoms with Gasteiger partial charge in [-0.1, -0.05) is 19.1 Å². The van der Waals surface area contributed by atoms with Crippen LogP contribution in [-0.4, -0.2) is 11.5 Å². The molecule has 1 aromatic carbocycles. The van der Waals surface area contributed by atoms with Gasteiger partial charge in [0.05, 0.1) is 4.92 Å². The molecule has 6 heteroatoms. The van der Waals surface area contributed by atoms with Crippen molar-refractivity contribution in [3.8, 4) is 5.75 Å². The van der Waals surface area contributed by atoms with Gasteiger partial charge in [-0.25, -0.2) is 0 Å². The molecule has 0 saturated heterocycles. The van der Waals surface area contributed by atoms with Crippen LogP contribution in [0.5, 0.6) is 5.75 Å². The highest BCUT2D eigenvalue weighted by molar-refractivity contribution is 7.09. The second-order valence-corrected chi connectivity index (χ2v) is 5.64. The maximum atomic E-state index is 11.2. The molecule has 0 atom stereocenters. The third-order valence-corrected chi connectivity index (χ3v) is 3.78. The Morgan fingerprint density at radius 2 is 2.24 bits per heavy atom. The minimum atomic E-state index is -0.396. The molecule has 2 aromatic rings. The van der Waals surface area contributed by atoms with Gasteiger partial charge in [0, 0.05) is 17.5 Å². The molecule has 1 N–H and O–H groups in total. The summed E-state index contributed by atoms with van der Waals surface area (Å²) in [6.07, 6.45) is 1.03.